The van der Waals surface area contributed by atoms with Gasteiger partial charge in [0.05, 0.1) is 18.1 Å². The number of amides is 1. The third kappa shape index (κ3) is 7.28. The summed E-state index contributed by atoms with van der Waals surface area (Å²) in [5.41, 5.74) is 0.753. The van der Waals surface area contributed by atoms with Gasteiger partial charge >= 0.3 is 11.9 Å². The molecule has 10 nitrogen and oxygen atoms in total. The van der Waals surface area contributed by atoms with Crippen LogP contribution in [0.4, 0.5) is 0 Å². The molecule has 2 aromatic carbocycles. The van der Waals surface area contributed by atoms with Crippen molar-refractivity contribution in [2.45, 2.75) is 45.3 Å². The molecular formula is C30H31N3O7. The average molecular weight is 546 g/mol. The van der Waals surface area contributed by atoms with Crippen molar-refractivity contribution < 1.29 is 28.7 Å². The van der Waals surface area contributed by atoms with Gasteiger partial charge in [-0.15, -0.1) is 0 Å². The van der Waals surface area contributed by atoms with Gasteiger partial charge in [-0.1, -0.05) is 60.7 Å². The molecule has 1 aromatic heterocycles. The Balaban J connectivity index is 1.33. The lowest BCUT2D eigenvalue weighted by atomic mass is 9.72. The van der Waals surface area contributed by atoms with E-state index >= 15 is 0 Å². The Morgan fingerprint density at radius 2 is 1.57 bits per heavy atom. The van der Waals surface area contributed by atoms with E-state index in [4.69, 9.17) is 9.47 Å². The first kappa shape index (κ1) is 28.4. The number of carbonyl (C=O) groups excluding carboxylic acids is 4. The van der Waals surface area contributed by atoms with E-state index in [-0.39, 0.29) is 29.8 Å². The number of hydrogen-bond donors (Lipinski definition) is 2. The minimum atomic E-state index is -0.723. The molecule has 208 valence electrons. The van der Waals surface area contributed by atoms with Crippen molar-refractivity contribution in [3.05, 3.63) is 99.7 Å². The number of ketones is 1. The van der Waals surface area contributed by atoms with Gasteiger partial charge in [0.15, 0.2) is 18.2 Å². The largest absolute Gasteiger partial charge is 0.460 e. The third-order valence-electron chi connectivity index (χ3n) is 6.59. The van der Waals surface area contributed by atoms with Crippen LogP contribution < -0.4 is 10.9 Å². The number of carbonyl (C=O) groups is 4. The van der Waals surface area contributed by atoms with Gasteiger partial charge in [-0.3, -0.25) is 19.2 Å². The fourth-order valence-corrected chi connectivity index (χ4v) is 4.56. The lowest BCUT2D eigenvalue weighted by Gasteiger charge is -2.32. The molecule has 0 unspecified atom stereocenters. The van der Waals surface area contributed by atoms with E-state index in [0.29, 0.717) is 12.8 Å². The quantitative estimate of drug-likeness (QED) is 0.276. The molecule has 1 heterocycles. The highest BCUT2D eigenvalue weighted by molar-refractivity contribution is 5.96. The first-order chi connectivity index (χ1) is 19.2. The number of aromatic amines is 1. The lowest BCUT2D eigenvalue weighted by Crippen LogP contribution is -2.35. The Labute approximate surface area is 231 Å². The molecule has 1 amide bonds. The van der Waals surface area contributed by atoms with Crippen molar-refractivity contribution in [1.82, 2.24) is 15.3 Å². The predicted molar refractivity (Wildman–Crippen MR) is 144 cm³/mol. The van der Waals surface area contributed by atoms with Crippen LogP contribution in [0.2, 0.25) is 0 Å². The molecule has 1 saturated carbocycles. The Morgan fingerprint density at radius 3 is 2.12 bits per heavy atom. The molecule has 4 rings (SSSR count). The summed E-state index contributed by atoms with van der Waals surface area (Å²) < 4.78 is 9.91. The molecule has 0 spiro atoms. The number of benzene rings is 2. The Morgan fingerprint density at radius 1 is 0.975 bits per heavy atom. The van der Waals surface area contributed by atoms with Crippen molar-refractivity contribution >= 4 is 23.6 Å². The van der Waals surface area contributed by atoms with Crippen LogP contribution in [-0.4, -0.2) is 46.3 Å². The van der Waals surface area contributed by atoms with Gasteiger partial charge in [0, 0.05) is 12.6 Å². The number of nitrogens with zero attached hydrogens (tertiary/aromatic N) is 1. The zero-order chi connectivity index (χ0) is 28.6. The number of esters is 2. The molecular weight excluding hydrogens is 514 g/mol. The molecule has 10 heteroatoms. The van der Waals surface area contributed by atoms with E-state index in [1.54, 1.807) is 13.8 Å². The van der Waals surface area contributed by atoms with Crippen LogP contribution in [0.15, 0.2) is 71.7 Å². The van der Waals surface area contributed by atoms with Gasteiger partial charge in [0.25, 0.3) is 11.5 Å². The van der Waals surface area contributed by atoms with Crippen molar-refractivity contribution in [3.63, 3.8) is 0 Å². The highest BCUT2D eigenvalue weighted by atomic mass is 16.6. The Kier molecular flexibility index (Phi) is 9.21. The number of Topliss-reactive ketones (excluding diaryl/α,β-unsaturated/α-hetero) is 1. The van der Waals surface area contributed by atoms with E-state index in [1.165, 1.54) is 0 Å². The van der Waals surface area contributed by atoms with E-state index < -0.39 is 47.8 Å². The van der Waals surface area contributed by atoms with Gasteiger partial charge in [-0.2, -0.15) is 0 Å². The fourth-order valence-electron chi connectivity index (χ4n) is 4.56. The summed E-state index contributed by atoms with van der Waals surface area (Å²) in [6, 6.07) is 18.2. The van der Waals surface area contributed by atoms with E-state index in [9.17, 15) is 24.0 Å². The molecule has 0 bridgehead atoms. The first-order valence-corrected chi connectivity index (χ1v) is 13.1. The lowest BCUT2D eigenvalue weighted by molar-refractivity contribution is -0.166. The fraction of sp³-hybridized carbons (Fsp3) is 0.333. The molecule has 0 radical (unpaired) electrons. The first-order valence-electron chi connectivity index (χ1n) is 13.1. The van der Waals surface area contributed by atoms with Crippen molar-refractivity contribution in [2.75, 3.05) is 6.61 Å². The predicted octanol–water partition coefficient (Wildman–Crippen LogP) is 3.38. The Hall–Kier alpha value is -4.60. The van der Waals surface area contributed by atoms with Gasteiger partial charge in [-0.05, 0) is 43.7 Å². The molecule has 0 saturated heterocycles. The second kappa shape index (κ2) is 13.0. The second-order valence-corrected chi connectivity index (χ2v) is 10.0. The van der Waals surface area contributed by atoms with E-state index in [0.717, 1.165) is 17.3 Å². The maximum atomic E-state index is 13.1. The van der Waals surface area contributed by atoms with Crippen LogP contribution in [0.3, 0.4) is 0 Å². The minimum Gasteiger partial charge on any atom is -0.460 e. The Bertz CT molecular complexity index is 1370. The zero-order valence-electron chi connectivity index (χ0n) is 22.3. The average Bonchev–Trinajstić information content (AvgIpc) is 2.92. The molecule has 1 aliphatic carbocycles. The summed E-state index contributed by atoms with van der Waals surface area (Å²) in [6.45, 7) is 2.95. The zero-order valence-corrected chi connectivity index (χ0v) is 22.3. The summed E-state index contributed by atoms with van der Waals surface area (Å²) in [7, 11) is 0. The van der Waals surface area contributed by atoms with E-state index in [2.05, 4.69) is 15.3 Å². The third-order valence-corrected chi connectivity index (χ3v) is 6.59. The van der Waals surface area contributed by atoms with Gasteiger partial charge in [0.2, 0.25) is 0 Å². The maximum Gasteiger partial charge on any atom is 0.344 e. The van der Waals surface area contributed by atoms with Crippen LogP contribution in [0.25, 0.3) is 0 Å². The maximum absolute atomic E-state index is 13.1. The summed E-state index contributed by atoms with van der Waals surface area (Å²) >= 11 is 0. The SMILES string of the molecule is CC(C)OC(=O)COC(=O)C1CC(CC(=O)c2ncc(C(=O)NC(c3ccccc3)c3ccccc3)c(=O)[nH]2)C1. The van der Waals surface area contributed by atoms with Gasteiger partial charge < -0.3 is 19.8 Å². The molecule has 0 atom stereocenters. The van der Waals surface area contributed by atoms with Crippen LogP contribution in [-0.2, 0) is 19.1 Å². The molecule has 2 N–H and O–H groups in total. The van der Waals surface area contributed by atoms with Crippen LogP contribution in [0.1, 0.15) is 71.3 Å². The van der Waals surface area contributed by atoms with E-state index in [1.807, 2.05) is 60.7 Å². The summed E-state index contributed by atoms with van der Waals surface area (Å²) in [4.78, 5) is 68.6. The molecule has 40 heavy (non-hydrogen) atoms. The van der Waals surface area contributed by atoms with Crippen LogP contribution in [0.5, 0.6) is 0 Å². The molecule has 1 aliphatic rings. The number of rotatable bonds is 11. The molecule has 0 aliphatic heterocycles. The number of H-pyrrole nitrogens is 1. The van der Waals surface area contributed by atoms with Crippen LogP contribution in [0, 0.1) is 11.8 Å². The number of hydrogen-bond acceptors (Lipinski definition) is 8. The molecule has 1 fully saturated rings. The highest BCUT2D eigenvalue weighted by Gasteiger charge is 2.37. The summed E-state index contributed by atoms with van der Waals surface area (Å²) in [5, 5.41) is 2.89. The smallest absolute Gasteiger partial charge is 0.344 e. The standard InChI is InChI=1S/C30H31N3O7/c1-18(2)40-25(35)17-39-30(38)22-13-19(14-22)15-24(34)27-31-16-23(29(37)33-27)28(36)32-26(20-9-5-3-6-10-20)21-11-7-4-8-12-21/h3-12,16,18-19,22,26H,13-15,17H2,1-2H3,(H,32,36)(H,31,33,37). The van der Waals surface area contributed by atoms with Crippen molar-refractivity contribution in [2.24, 2.45) is 11.8 Å². The summed E-state index contributed by atoms with van der Waals surface area (Å²) in [6.07, 6.45) is 1.74. The van der Waals surface area contributed by atoms with Gasteiger partial charge in [-0.25, -0.2) is 9.78 Å². The minimum absolute atomic E-state index is 0.0811. The van der Waals surface area contributed by atoms with Crippen molar-refractivity contribution in [1.29, 1.82) is 0 Å². The van der Waals surface area contributed by atoms with Crippen LogP contribution >= 0.6 is 0 Å². The van der Waals surface area contributed by atoms with Gasteiger partial charge in [0.1, 0.15) is 5.56 Å². The highest BCUT2D eigenvalue weighted by Crippen LogP contribution is 2.37. The molecule has 3 aromatic rings. The van der Waals surface area contributed by atoms with Crippen molar-refractivity contribution in [3.8, 4) is 0 Å². The normalized spacial score (nSPS) is 16.2. The number of ether oxygens (including phenoxy) is 2. The second-order valence-electron chi connectivity index (χ2n) is 10.0. The monoisotopic (exact) mass is 545 g/mol. The topological polar surface area (TPSA) is 145 Å². The summed E-state index contributed by atoms with van der Waals surface area (Å²) in [5.74, 6) is -2.77. The number of aromatic nitrogens is 2. The number of nitrogens with one attached hydrogen (secondary N) is 2.